The molecule has 5 heteroatoms. The highest BCUT2D eigenvalue weighted by Gasteiger charge is 2.26. The largest absolute Gasteiger partial charge is 0.312 e. The molecule has 20 heavy (non-hydrogen) atoms. The number of hydrogen-bond acceptors (Lipinski definition) is 4. The summed E-state index contributed by atoms with van der Waals surface area (Å²) >= 11 is 4.15. The molecule has 0 spiro atoms. The van der Waals surface area contributed by atoms with E-state index in [4.69, 9.17) is 4.98 Å². The van der Waals surface area contributed by atoms with Crippen LogP contribution in [0.4, 0.5) is 0 Å². The minimum absolute atomic E-state index is 0.628. The first-order valence-corrected chi connectivity index (χ1v) is 9.69. The van der Waals surface area contributed by atoms with Crippen LogP contribution in [0.1, 0.15) is 24.6 Å². The molecule has 2 unspecified atom stereocenters. The molecule has 2 fully saturated rings. The number of imidazole rings is 1. The predicted octanol–water partition coefficient (Wildman–Crippen LogP) is 3.40. The molecule has 0 aliphatic carbocycles. The van der Waals surface area contributed by atoms with Gasteiger partial charge in [0.05, 0.1) is 0 Å². The minimum atomic E-state index is 0.628. The molecular weight excluding hydrogens is 286 g/mol. The lowest BCUT2D eigenvalue weighted by molar-refractivity contribution is 0.477. The quantitative estimate of drug-likeness (QED) is 0.869. The molecule has 3 nitrogen and oxygen atoms in total. The summed E-state index contributed by atoms with van der Waals surface area (Å²) in [6.45, 7) is 1.11. The van der Waals surface area contributed by atoms with Crippen molar-refractivity contribution in [3.8, 4) is 0 Å². The zero-order chi connectivity index (χ0) is 13.4. The van der Waals surface area contributed by atoms with Crippen molar-refractivity contribution in [3.05, 3.63) is 24.2 Å². The van der Waals surface area contributed by atoms with Gasteiger partial charge < -0.3 is 4.57 Å². The van der Waals surface area contributed by atoms with Crippen LogP contribution >= 0.6 is 23.5 Å². The predicted molar refractivity (Wildman–Crippen MR) is 87.6 cm³/mol. The van der Waals surface area contributed by atoms with E-state index < -0.39 is 0 Å². The van der Waals surface area contributed by atoms with Gasteiger partial charge in [-0.1, -0.05) is 0 Å². The van der Waals surface area contributed by atoms with Gasteiger partial charge in [0.15, 0.2) is 5.65 Å². The van der Waals surface area contributed by atoms with Crippen LogP contribution < -0.4 is 0 Å². The Morgan fingerprint density at radius 2 is 2.10 bits per heavy atom. The van der Waals surface area contributed by atoms with Crippen molar-refractivity contribution in [3.63, 3.8) is 0 Å². The van der Waals surface area contributed by atoms with Gasteiger partial charge in [-0.05, 0) is 48.2 Å². The third-order valence-corrected chi connectivity index (χ3v) is 6.69. The maximum atomic E-state index is 4.92. The number of rotatable bonds is 3. The van der Waals surface area contributed by atoms with Crippen LogP contribution in [0.5, 0.6) is 0 Å². The summed E-state index contributed by atoms with van der Waals surface area (Å²) in [7, 11) is 0. The second-order valence-electron chi connectivity index (χ2n) is 5.72. The third kappa shape index (κ3) is 2.35. The van der Waals surface area contributed by atoms with Crippen LogP contribution in [0.25, 0.3) is 11.2 Å². The first kappa shape index (κ1) is 13.0. The normalized spacial score (nSPS) is 26.6. The molecule has 0 N–H and O–H groups in total. The van der Waals surface area contributed by atoms with Crippen LogP contribution in [0.3, 0.4) is 0 Å². The molecule has 106 valence electrons. The van der Waals surface area contributed by atoms with Gasteiger partial charge in [0, 0.05) is 24.4 Å². The first-order chi connectivity index (χ1) is 9.92. The topological polar surface area (TPSA) is 30.7 Å². The van der Waals surface area contributed by atoms with E-state index in [1.165, 1.54) is 41.7 Å². The summed E-state index contributed by atoms with van der Waals surface area (Å²) < 4.78 is 2.43. The molecule has 0 aromatic carbocycles. The standard InChI is InChI=1S/C15H19N3S2/c1-2-13-15(16-5-1)18(8-11-3-6-19-9-11)14(17-13)12-4-7-20-10-12/h1-2,5,11-12H,3-4,6-10H2. The minimum Gasteiger partial charge on any atom is -0.312 e. The molecule has 4 heterocycles. The van der Waals surface area contributed by atoms with Gasteiger partial charge in [0.25, 0.3) is 0 Å². The highest BCUT2D eigenvalue weighted by molar-refractivity contribution is 7.99. The van der Waals surface area contributed by atoms with E-state index >= 15 is 0 Å². The van der Waals surface area contributed by atoms with Gasteiger partial charge in [-0.2, -0.15) is 23.5 Å². The van der Waals surface area contributed by atoms with E-state index in [1.807, 2.05) is 12.3 Å². The van der Waals surface area contributed by atoms with Crippen molar-refractivity contribution in [1.82, 2.24) is 14.5 Å². The summed E-state index contributed by atoms with van der Waals surface area (Å²) in [5.41, 5.74) is 2.17. The molecule has 0 saturated carbocycles. The Kier molecular flexibility index (Phi) is 3.65. The molecule has 0 amide bonds. The Morgan fingerprint density at radius 3 is 2.90 bits per heavy atom. The molecule has 0 bridgehead atoms. The SMILES string of the molecule is c1cnc2c(c1)nc(C1CCSC1)n2CC1CCSC1. The van der Waals surface area contributed by atoms with E-state index in [0.29, 0.717) is 5.92 Å². The average molecular weight is 305 g/mol. The number of pyridine rings is 1. The molecule has 0 radical (unpaired) electrons. The van der Waals surface area contributed by atoms with Crippen LogP contribution in [-0.2, 0) is 6.54 Å². The molecule has 2 aliphatic heterocycles. The third-order valence-electron chi connectivity index (χ3n) is 4.29. The fourth-order valence-electron chi connectivity index (χ4n) is 3.19. The summed E-state index contributed by atoms with van der Waals surface area (Å²) in [4.78, 5) is 9.52. The second-order valence-corrected chi connectivity index (χ2v) is 8.02. The lowest BCUT2D eigenvalue weighted by atomic mass is 10.1. The van der Waals surface area contributed by atoms with Crippen molar-refractivity contribution in [1.29, 1.82) is 0 Å². The van der Waals surface area contributed by atoms with E-state index in [0.717, 1.165) is 23.6 Å². The molecule has 2 aromatic heterocycles. The van der Waals surface area contributed by atoms with E-state index in [9.17, 15) is 0 Å². The van der Waals surface area contributed by atoms with Crippen molar-refractivity contribution in [2.24, 2.45) is 5.92 Å². The highest BCUT2D eigenvalue weighted by atomic mass is 32.2. The summed E-state index contributed by atoms with van der Waals surface area (Å²) in [5, 5.41) is 0. The van der Waals surface area contributed by atoms with Gasteiger partial charge in [-0.3, -0.25) is 0 Å². The van der Waals surface area contributed by atoms with Gasteiger partial charge in [0.2, 0.25) is 0 Å². The van der Waals surface area contributed by atoms with Crippen molar-refractivity contribution < 1.29 is 0 Å². The first-order valence-electron chi connectivity index (χ1n) is 7.38. The summed E-state index contributed by atoms with van der Waals surface area (Å²) in [6.07, 6.45) is 4.51. The molecule has 4 rings (SSSR count). The molecule has 2 aromatic rings. The Hall–Kier alpha value is -0.680. The molecule has 2 saturated heterocycles. The Bertz CT molecular complexity index is 598. The molecular formula is C15H19N3S2. The number of fused-ring (bicyclic) bond motifs is 1. The van der Waals surface area contributed by atoms with Gasteiger partial charge >= 0.3 is 0 Å². The number of aromatic nitrogens is 3. The Balaban J connectivity index is 1.75. The smallest absolute Gasteiger partial charge is 0.160 e. The molecule has 2 aliphatic rings. The van der Waals surface area contributed by atoms with Crippen LogP contribution in [-0.4, -0.2) is 37.5 Å². The van der Waals surface area contributed by atoms with Crippen LogP contribution in [0, 0.1) is 5.92 Å². The van der Waals surface area contributed by atoms with Gasteiger partial charge in [-0.25, -0.2) is 9.97 Å². The fourth-order valence-corrected chi connectivity index (χ4v) is 5.68. The number of thioether (sulfide) groups is 2. The number of hydrogen-bond donors (Lipinski definition) is 0. The fraction of sp³-hybridized carbons (Fsp3) is 0.600. The zero-order valence-corrected chi connectivity index (χ0v) is 13.1. The van der Waals surface area contributed by atoms with E-state index in [1.54, 1.807) is 0 Å². The lowest BCUT2D eigenvalue weighted by Crippen LogP contribution is -2.15. The number of nitrogens with zero attached hydrogens (tertiary/aromatic N) is 3. The van der Waals surface area contributed by atoms with Gasteiger partial charge in [0.1, 0.15) is 11.3 Å². The summed E-state index contributed by atoms with van der Waals surface area (Å²) in [6, 6.07) is 4.10. The lowest BCUT2D eigenvalue weighted by Gasteiger charge is -2.16. The van der Waals surface area contributed by atoms with Gasteiger partial charge in [-0.15, -0.1) is 0 Å². The monoisotopic (exact) mass is 305 g/mol. The molecule has 2 atom stereocenters. The highest BCUT2D eigenvalue weighted by Crippen LogP contribution is 2.34. The Morgan fingerprint density at radius 1 is 1.20 bits per heavy atom. The second kappa shape index (κ2) is 5.60. The van der Waals surface area contributed by atoms with Crippen LogP contribution in [0.15, 0.2) is 18.3 Å². The van der Waals surface area contributed by atoms with E-state index in [2.05, 4.69) is 39.1 Å². The maximum Gasteiger partial charge on any atom is 0.160 e. The zero-order valence-electron chi connectivity index (χ0n) is 11.5. The van der Waals surface area contributed by atoms with E-state index in [-0.39, 0.29) is 0 Å². The maximum absolute atomic E-state index is 4.92. The van der Waals surface area contributed by atoms with Crippen molar-refractivity contribution in [2.75, 3.05) is 23.0 Å². The Labute approximate surface area is 127 Å². The average Bonchev–Trinajstić information content (AvgIpc) is 3.19. The van der Waals surface area contributed by atoms with Crippen molar-refractivity contribution >= 4 is 34.7 Å². The summed E-state index contributed by atoms with van der Waals surface area (Å²) in [5.74, 6) is 7.84. The van der Waals surface area contributed by atoms with Crippen LogP contribution in [0.2, 0.25) is 0 Å². The van der Waals surface area contributed by atoms with Crippen molar-refractivity contribution in [2.45, 2.75) is 25.3 Å².